The van der Waals surface area contributed by atoms with Gasteiger partial charge in [-0.05, 0) is 48.1 Å². The molecule has 0 aromatic heterocycles. The minimum Gasteiger partial charge on any atom is -0.480 e. The number of rotatable bonds is 4. The van der Waals surface area contributed by atoms with Crippen LogP contribution < -0.4 is 11.1 Å². The van der Waals surface area contributed by atoms with Gasteiger partial charge in [0, 0.05) is 5.69 Å². The molecule has 1 saturated carbocycles. The van der Waals surface area contributed by atoms with Crippen molar-refractivity contribution < 1.29 is 19.8 Å². The quantitative estimate of drug-likeness (QED) is 0.636. The summed E-state index contributed by atoms with van der Waals surface area (Å²) in [5.41, 5.74) is 6.57. The number of hydrogen-bond donors (Lipinski definition) is 4. The van der Waals surface area contributed by atoms with Crippen LogP contribution in [0.4, 0.5) is 5.69 Å². The number of nitrogens with two attached hydrogens (primary N) is 1. The minimum absolute atomic E-state index is 0.265. The predicted molar refractivity (Wildman–Crippen MR) is 95.2 cm³/mol. The number of aliphatic carboxylic acids is 1. The molecule has 0 unspecified atom stereocenters. The fourth-order valence-electron chi connectivity index (χ4n) is 3.56. The van der Waals surface area contributed by atoms with E-state index in [2.05, 4.69) is 5.32 Å². The summed E-state index contributed by atoms with van der Waals surface area (Å²) >= 11 is 0. The molecule has 1 amide bonds. The van der Waals surface area contributed by atoms with Crippen LogP contribution in [0.15, 0.2) is 36.4 Å². The fourth-order valence-corrected chi connectivity index (χ4v) is 3.56. The van der Waals surface area contributed by atoms with Crippen molar-refractivity contribution in [2.75, 3.05) is 5.73 Å². The Morgan fingerprint density at radius 2 is 1.84 bits per heavy atom. The molecule has 0 radical (unpaired) electrons. The van der Waals surface area contributed by atoms with Crippen molar-refractivity contribution >= 4 is 28.3 Å². The molecule has 0 saturated heterocycles. The molecule has 2 aromatic rings. The molecular weight excluding hydrogens is 320 g/mol. The first kappa shape index (κ1) is 17.2. The number of carbonyl (C=O) groups excluding carboxylic acids is 1. The van der Waals surface area contributed by atoms with Crippen molar-refractivity contribution in [3.05, 3.63) is 42.0 Å². The van der Waals surface area contributed by atoms with Crippen LogP contribution in [-0.4, -0.2) is 34.2 Å². The number of amides is 1. The maximum atomic E-state index is 12.6. The Labute approximate surface area is 145 Å². The number of carboxylic acid groups (broad SMARTS) is 1. The highest BCUT2D eigenvalue weighted by Gasteiger charge is 2.33. The SMILES string of the molecule is Nc1cc2ccccc2cc1C(=O)N[C@H](C(=O)O)[C@H]1CCC[C@@H](O)C1. The minimum atomic E-state index is -1.09. The van der Waals surface area contributed by atoms with Crippen LogP contribution in [0.3, 0.4) is 0 Å². The van der Waals surface area contributed by atoms with Crippen LogP contribution >= 0.6 is 0 Å². The smallest absolute Gasteiger partial charge is 0.326 e. The molecular formula is C19H22N2O4. The van der Waals surface area contributed by atoms with E-state index in [1.165, 1.54) is 0 Å². The van der Waals surface area contributed by atoms with Gasteiger partial charge in [-0.15, -0.1) is 0 Å². The largest absolute Gasteiger partial charge is 0.480 e. The molecule has 2 aromatic carbocycles. The molecule has 0 aliphatic heterocycles. The van der Waals surface area contributed by atoms with E-state index in [1.807, 2.05) is 24.3 Å². The molecule has 1 fully saturated rings. The summed E-state index contributed by atoms with van der Waals surface area (Å²) in [7, 11) is 0. The molecule has 6 heteroatoms. The number of carboxylic acids is 1. The topological polar surface area (TPSA) is 113 Å². The number of aliphatic hydroxyl groups is 1. The Balaban J connectivity index is 1.84. The number of nitrogens with one attached hydrogen (secondary N) is 1. The standard InChI is InChI=1S/C19H22N2O4/c20-16-10-12-5-2-1-4-11(12)9-15(16)18(23)21-17(19(24)25)13-6-3-7-14(22)8-13/h1-2,4-5,9-10,13-14,17,22H,3,6-8,20H2,(H,21,23)(H,24,25)/t13-,14+,17-/m0/s1. The third kappa shape index (κ3) is 3.74. The van der Waals surface area contributed by atoms with Crippen molar-refractivity contribution in [1.82, 2.24) is 5.32 Å². The number of anilines is 1. The molecule has 3 atom stereocenters. The molecule has 0 bridgehead atoms. The number of nitrogen functional groups attached to an aromatic ring is 1. The van der Waals surface area contributed by atoms with Gasteiger partial charge in [-0.25, -0.2) is 4.79 Å². The Bertz CT molecular complexity index is 805. The first-order valence-electron chi connectivity index (χ1n) is 8.45. The molecule has 1 aliphatic rings. The van der Waals surface area contributed by atoms with Crippen molar-refractivity contribution in [2.45, 2.75) is 37.8 Å². The van der Waals surface area contributed by atoms with Crippen LogP contribution in [0.25, 0.3) is 10.8 Å². The summed E-state index contributed by atoms with van der Waals surface area (Å²) in [6.45, 7) is 0. The zero-order valence-corrected chi connectivity index (χ0v) is 13.8. The number of hydrogen-bond acceptors (Lipinski definition) is 4. The van der Waals surface area contributed by atoms with E-state index >= 15 is 0 Å². The van der Waals surface area contributed by atoms with Crippen molar-refractivity contribution in [1.29, 1.82) is 0 Å². The monoisotopic (exact) mass is 342 g/mol. The van der Waals surface area contributed by atoms with E-state index in [0.29, 0.717) is 24.9 Å². The average molecular weight is 342 g/mol. The zero-order chi connectivity index (χ0) is 18.0. The summed E-state index contributed by atoms with van der Waals surface area (Å²) < 4.78 is 0. The van der Waals surface area contributed by atoms with E-state index in [9.17, 15) is 19.8 Å². The highest BCUT2D eigenvalue weighted by molar-refractivity contribution is 6.05. The molecule has 25 heavy (non-hydrogen) atoms. The molecule has 0 spiro atoms. The van der Waals surface area contributed by atoms with Gasteiger partial charge in [-0.1, -0.05) is 30.7 Å². The Morgan fingerprint density at radius 1 is 1.16 bits per heavy atom. The van der Waals surface area contributed by atoms with Gasteiger partial charge in [0.25, 0.3) is 5.91 Å². The highest BCUT2D eigenvalue weighted by Crippen LogP contribution is 2.28. The van der Waals surface area contributed by atoms with Crippen LogP contribution in [-0.2, 0) is 4.79 Å². The first-order chi connectivity index (χ1) is 12.0. The van der Waals surface area contributed by atoms with Crippen LogP contribution in [0, 0.1) is 5.92 Å². The summed E-state index contributed by atoms with van der Waals surface area (Å²) in [6, 6.07) is 9.88. The van der Waals surface area contributed by atoms with E-state index in [0.717, 1.165) is 17.2 Å². The Hall–Kier alpha value is -2.60. The van der Waals surface area contributed by atoms with Gasteiger partial charge in [0.05, 0.1) is 11.7 Å². The average Bonchev–Trinajstić information content (AvgIpc) is 2.58. The fraction of sp³-hybridized carbons (Fsp3) is 0.368. The zero-order valence-electron chi connectivity index (χ0n) is 13.8. The van der Waals surface area contributed by atoms with Gasteiger partial charge in [0.1, 0.15) is 6.04 Å². The Kier molecular flexibility index (Phi) is 4.90. The first-order valence-corrected chi connectivity index (χ1v) is 8.45. The van der Waals surface area contributed by atoms with Crippen molar-refractivity contribution in [3.8, 4) is 0 Å². The number of benzene rings is 2. The van der Waals surface area contributed by atoms with Crippen molar-refractivity contribution in [2.24, 2.45) is 5.92 Å². The van der Waals surface area contributed by atoms with Gasteiger partial charge < -0.3 is 21.3 Å². The molecule has 3 rings (SSSR count). The number of fused-ring (bicyclic) bond motifs is 1. The summed E-state index contributed by atoms with van der Waals surface area (Å²) in [5.74, 6) is -1.88. The third-order valence-electron chi connectivity index (χ3n) is 4.87. The summed E-state index contributed by atoms with van der Waals surface area (Å²) in [4.78, 5) is 24.3. The van der Waals surface area contributed by atoms with Gasteiger partial charge in [0.15, 0.2) is 0 Å². The second-order valence-corrected chi connectivity index (χ2v) is 6.66. The van der Waals surface area contributed by atoms with E-state index in [-0.39, 0.29) is 11.5 Å². The van der Waals surface area contributed by atoms with Gasteiger partial charge in [0.2, 0.25) is 0 Å². The molecule has 1 aliphatic carbocycles. The molecule has 132 valence electrons. The third-order valence-corrected chi connectivity index (χ3v) is 4.87. The predicted octanol–water partition coefficient (Wildman–Crippen LogP) is 2.16. The van der Waals surface area contributed by atoms with Gasteiger partial charge >= 0.3 is 5.97 Å². The maximum absolute atomic E-state index is 12.6. The normalized spacial score (nSPS) is 21.6. The number of aliphatic hydroxyl groups excluding tert-OH is 1. The van der Waals surface area contributed by atoms with Crippen LogP contribution in [0.5, 0.6) is 0 Å². The van der Waals surface area contributed by atoms with E-state index in [1.54, 1.807) is 12.1 Å². The Morgan fingerprint density at radius 3 is 2.48 bits per heavy atom. The lowest BCUT2D eigenvalue weighted by Crippen LogP contribution is -2.47. The molecule has 0 heterocycles. The van der Waals surface area contributed by atoms with E-state index < -0.39 is 24.0 Å². The maximum Gasteiger partial charge on any atom is 0.326 e. The lowest BCUT2D eigenvalue weighted by Gasteiger charge is -2.30. The van der Waals surface area contributed by atoms with Crippen LogP contribution in [0.2, 0.25) is 0 Å². The summed E-state index contributed by atoms with van der Waals surface area (Å²) in [5, 5.41) is 23.7. The second kappa shape index (κ2) is 7.11. The van der Waals surface area contributed by atoms with E-state index in [4.69, 9.17) is 5.73 Å². The van der Waals surface area contributed by atoms with Gasteiger partial charge in [-0.2, -0.15) is 0 Å². The number of carbonyl (C=O) groups is 2. The molecule has 6 nitrogen and oxygen atoms in total. The van der Waals surface area contributed by atoms with Crippen LogP contribution in [0.1, 0.15) is 36.0 Å². The summed E-state index contributed by atoms with van der Waals surface area (Å²) in [6.07, 6.45) is 1.97. The van der Waals surface area contributed by atoms with Crippen molar-refractivity contribution in [3.63, 3.8) is 0 Å². The molecule has 5 N–H and O–H groups in total. The lowest BCUT2D eigenvalue weighted by molar-refractivity contribution is -0.141. The van der Waals surface area contributed by atoms with Gasteiger partial charge in [-0.3, -0.25) is 4.79 Å². The highest BCUT2D eigenvalue weighted by atomic mass is 16.4. The lowest BCUT2D eigenvalue weighted by atomic mass is 9.82. The second-order valence-electron chi connectivity index (χ2n) is 6.66.